The molecule has 1 aliphatic rings. The van der Waals surface area contributed by atoms with E-state index >= 15 is 0 Å². The van der Waals surface area contributed by atoms with Gasteiger partial charge in [0.05, 0.1) is 6.04 Å². The molecule has 0 bridgehead atoms. The highest BCUT2D eigenvalue weighted by Crippen LogP contribution is 2.20. The van der Waals surface area contributed by atoms with Crippen LogP contribution in [-0.2, 0) is 11.3 Å². The lowest BCUT2D eigenvalue weighted by Gasteiger charge is -2.34. The Hall–Kier alpha value is -1.76. The average Bonchev–Trinajstić information content (AvgIpc) is 2.58. The second kappa shape index (κ2) is 9.08. The largest absolute Gasteiger partial charge is 0.484 e. The molecule has 1 saturated heterocycles. The zero-order valence-electron chi connectivity index (χ0n) is 14.4. The Morgan fingerprint density at radius 3 is 2.88 bits per heavy atom. The highest BCUT2D eigenvalue weighted by molar-refractivity contribution is 5.81. The predicted molar refractivity (Wildman–Crippen MR) is 89.3 cm³/mol. The average molecular weight is 358 g/mol. The maximum absolute atomic E-state index is 12.5. The molecule has 1 aliphatic heterocycles. The summed E-state index contributed by atoms with van der Waals surface area (Å²) in [6.45, 7) is 2.89. The first-order chi connectivity index (χ1) is 11.9. The molecule has 0 spiro atoms. The number of nitrogens with zero attached hydrogens (tertiary/aromatic N) is 1. The summed E-state index contributed by atoms with van der Waals surface area (Å²) in [4.78, 5) is 14.7. The van der Waals surface area contributed by atoms with Gasteiger partial charge in [-0.05, 0) is 50.0 Å². The van der Waals surface area contributed by atoms with Gasteiger partial charge < -0.3 is 10.1 Å². The van der Waals surface area contributed by atoms with Gasteiger partial charge in [-0.2, -0.15) is 13.2 Å². The Balaban J connectivity index is 1.88. The summed E-state index contributed by atoms with van der Waals surface area (Å²) in [6, 6.07) is 6.26. The van der Waals surface area contributed by atoms with E-state index in [2.05, 4.69) is 17.1 Å². The normalized spacial score (nSPS) is 18.8. The van der Waals surface area contributed by atoms with Crippen LogP contribution in [0.2, 0.25) is 0 Å². The molecular formula is C18H25F3N2O2. The maximum atomic E-state index is 12.5. The van der Waals surface area contributed by atoms with E-state index in [4.69, 9.17) is 4.74 Å². The Morgan fingerprint density at radius 2 is 2.16 bits per heavy atom. The molecule has 1 N–H and O–H groups in total. The standard InChI is InChI=1S/C18H25F3N2O2/c1-2-9-23-10-4-3-8-16(23)17(24)22-12-14-6-5-7-15(11-14)25-13-18(19,20)21/h5-7,11,16H,2-4,8-10,12-13H2,1H3,(H,22,24). The molecule has 25 heavy (non-hydrogen) atoms. The van der Waals surface area contributed by atoms with Crippen LogP contribution in [0.1, 0.15) is 38.2 Å². The van der Waals surface area contributed by atoms with Crippen molar-refractivity contribution < 1.29 is 22.7 Å². The Labute approximate surface area is 146 Å². The van der Waals surface area contributed by atoms with Gasteiger partial charge in [0, 0.05) is 6.54 Å². The van der Waals surface area contributed by atoms with E-state index in [1.165, 1.54) is 12.1 Å². The van der Waals surface area contributed by atoms with Gasteiger partial charge in [-0.25, -0.2) is 0 Å². The second-order valence-electron chi connectivity index (χ2n) is 6.32. The van der Waals surface area contributed by atoms with Crippen molar-refractivity contribution in [3.05, 3.63) is 29.8 Å². The number of likely N-dealkylation sites (tertiary alicyclic amines) is 1. The van der Waals surface area contributed by atoms with Crippen LogP contribution in [0.25, 0.3) is 0 Å². The second-order valence-corrected chi connectivity index (χ2v) is 6.32. The first kappa shape index (κ1) is 19.6. The molecule has 0 aliphatic carbocycles. The number of nitrogens with one attached hydrogen (secondary N) is 1. The molecule has 140 valence electrons. The summed E-state index contributed by atoms with van der Waals surface area (Å²) in [5.41, 5.74) is 0.714. The SMILES string of the molecule is CCCN1CCCCC1C(=O)NCc1cccc(OCC(F)(F)F)c1. The van der Waals surface area contributed by atoms with Crippen LogP contribution < -0.4 is 10.1 Å². The molecule has 0 saturated carbocycles. The van der Waals surface area contributed by atoms with Gasteiger partial charge in [0.15, 0.2) is 6.61 Å². The molecule has 1 heterocycles. The van der Waals surface area contributed by atoms with Gasteiger partial charge in [0.2, 0.25) is 5.91 Å². The summed E-state index contributed by atoms with van der Waals surface area (Å²) < 4.78 is 41.4. The first-order valence-electron chi connectivity index (χ1n) is 8.69. The number of alkyl halides is 3. The van der Waals surface area contributed by atoms with E-state index in [0.717, 1.165) is 38.8 Å². The minimum atomic E-state index is -4.37. The molecule has 4 nitrogen and oxygen atoms in total. The van der Waals surface area contributed by atoms with E-state index in [1.807, 2.05) is 0 Å². The van der Waals surface area contributed by atoms with E-state index in [0.29, 0.717) is 5.56 Å². The summed E-state index contributed by atoms with van der Waals surface area (Å²) in [7, 11) is 0. The summed E-state index contributed by atoms with van der Waals surface area (Å²) in [5, 5.41) is 2.90. The van der Waals surface area contributed by atoms with Gasteiger partial charge in [-0.3, -0.25) is 9.69 Å². The highest BCUT2D eigenvalue weighted by Gasteiger charge is 2.29. The van der Waals surface area contributed by atoms with Crippen LogP contribution in [0, 0.1) is 0 Å². The van der Waals surface area contributed by atoms with E-state index < -0.39 is 12.8 Å². The lowest BCUT2D eigenvalue weighted by Crippen LogP contribution is -2.49. The fraction of sp³-hybridized carbons (Fsp3) is 0.611. The van der Waals surface area contributed by atoms with Crippen molar-refractivity contribution in [2.75, 3.05) is 19.7 Å². The lowest BCUT2D eigenvalue weighted by atomic mass is 10.0. The number of hydrogen-bond acceptors (Lipinski definition) is 3. The van der Waals surface area contributed by atoms with Crippen LogP contribution in [0.5, 0.6) is 5.75 Å². The van der Waals surface area contributed by atoms with Crippen molar-refractivity contribution >= 4 is 5.91 Å². The zero-order valence-corrected chi connectivity index (χ0v) is 14.4. The molecule has 1 unspecified atom stereocenters. The minimum Gasteiger partial charge on any atom is -0.484 e. The summed E-state index contributed by atoms with van der Waals surface area (Å²) in [6.07, 6.45) is -0.363. The minimum absolute atomic E-state index is 0.0187. The molecule has 2 rings (SSSR count). The molecule has 1 aromatic rings. The first-order valence-corrected chi connectivity index (χ1v) is 8.69. The Morgan fingerprint density at radius 1 is 1.36 bits per heavy atom. The smallest absolute Gasteiger partial charge is 0.422 e. The molecule has 1 amide bonds. The molecule has 1 fully saturated rings. The lowest BCUT2D eigenvalue weighted by molar-refractivity contribution is -0.153. The molecule has 1 atom stereocenters. The van der Waals surface area contributed by atoms with E-state index in [1.54, 1.807) is 12.1 Å². The number of rotatable bonds is 7. The Kier molecular flexibility index (Phi) is 7.11. The predicted octanol–water partition coefficient (Wildman–Crippen LogP) is 3.51. The van der Waals surface area contributed by atoms with Gasteiger partial charge in [-0.15, -0.1) is 0 Å². The third kappa shape index (κ3) is 6.57. The fourth-order valence-electron chi connectivity index (χ4n) is 3.06. The molecule has 1 aromatic carbocycles. The van der Waals surface area contributed by atoms with Crippen LogP contribution in [0.3, 0.4) is 0 Å². The molecule has 0 aromatic heterocycles. The third-order valence-corrected chi connectivity index (χ3v) is 4.19. The Bertz CT molecular complexity index is 561. The van der Waals surface area contributed by atoms with Gasteiger partial charge in [0.25, 0.3) is 0 Å². The van der Waals surface area contributed by atoms with Gasteiger partial charge >= 0.3 is 6.18 Å². The van der Waals surface area contributed by atoms with Crippen molar-refractivity contribution in [1.82, 2.24) is 10.2 Å². The van der Waals surface area contributed by atoms with E-state index in [9.17, 15) is 18.0 Å². The molecule has 7 heteroatoms. The van der Waals surface area contributed by atoms with Crippen molar-refractivity contribution in [3.63, 3.8) is 0 Å². The number of piperidine rings is 1. The molecule has 0 radical (unpaired) electrons. The maximum Gasteiger partial charge on any atom is 0.422 e. The van der Waals surface area contributed by atoms with Crippen LogP contribution in [0.4, 0.5) is 13.2 Å². The number of amides is 1. The third-order valence-electron chi connectivity index (χ3n) is 4.19. The molecular weight excluding hydrogens is 333 g/mol. The zero-order chi connectivity index (χ0) is 18.3. The van der Waals surface area contributed by atoms with Crippen molar-refractivity contribution in [2.45, 2.75) is 51.4 Å². The van der Waals surface area contributed by atoms with Crippen LogP contribution in [0.15, 0.2) is 24.3 Å². The van der Waals surface area contributed by atoms with E-state index in [-0.39, 0.29) is 24.2 Å². The monoisotopic (exact) mass is 358 g/mol. The van der Waals surface area contributed by atoms with Crippen molar-refractivity contribution in [2.24, 2.45) is 0 Å². The number of benzene rings is 1. The van der Waals surface area contributed by atoms with Crippen LogP contribution in [-0.4, -0.2) is 42.7 Å². The van der Waals surface area contributed by atoms with Crippen LogP contribution >= 0.6 is 0 Å². The number of carbonyl (C=O) groups excluding carboxylic acids is 1. The summed E-state index contributed by atoms with van der Waals surface area (Å²) >= 11 is 0. The highest BCUT2D eigenvalue weighted by atomic mass is 19.4. The fourth-order valence-corrected chi connectivity index (χ4v) is 3.06. The van der Waals surface area contributed by atoms with Crippen molar-refractivity contribution in [1.29, 1.82) is 0 Å². The number of hydrogen-bond donors (Lipinski definition) is 1. The number of halogens is 3. The summed E-state index contributed by atoms with van der Waals surface area (Å²) in [5.74, 6) is 0.129. The van der Waals surface area contributed by atoms with Crippen molar-refractivity contribution in [3.8, 4) is 5.75 Å². The topological polar surface area (TPSA) is 41.6 Å². The van der Waals surface area contributed by atoms with Gasteiger partial charge in [0.1, 0.15) is 5.75 Å². The quantitative estimate of drug-likeness (QED) is 0.811. The number of ether oxygens (including phenoxy) is 1. The number of carbonyl (C=O) groups is 1. The van der Waals surface area contributed by atoms with Gasteiger partial charge in [-0.1, -0.05) is 25.5 Å².